The Morgan fingerprint density at radius 3 is 2.76 bits per heavy atom. The average Bonchev–Trinajstić information content (AvgIpc) is 2.59. The highest BCUT2D eigenvalue weighted by atomic mass is 19.1. The van der Waals surface area contributed by atoms with E-state index in [1.807, 2.05) is 11.9 Å². The van der Waals surface area contributed by atoms with Crippen molar-refractivity contribution in [2.24, 2.45) is 0 Å². The van der Waals surface area contributed by atoms with Crippen LogP contribution in [0.15, 0.2) is 24.3 Å². The monoisotopic (exact) mass is 351 g/mol. The molecule has 0 aliphatic carbocycles. The van der Waals surface area contributed by atoms with E-state index in [1.54, 1.807) is 24.1 Å². The fraction of sp³-hybridized carbons (Fsp3) is 0.556. The summed E-state index contributed by atoms with van der Waals surface area (Å²) in [6, 6.07) is 5.67. The van der Waals surface area contributed by atoms with Gasteiger partial charge in [-0.05, 0) is 31.2 Å². The zero-order valence-corrected chi connectivity index (χ0v) is 14.8. The molecule has 0 unspecified atom stereocenters. The van der Waals surface area contributed by atoms with Crippen LogP contribution in [0.1, 0.15) is 18.4 Å². The lowest BCUT2D eigenvalue weighted by molar-refractivity contribution is -0.138. The third-order valence-electron chi connectivity index (χ3n) is 4.38. The summed E-state index contributed by atoms with van der Waals surface area (Å²) in [7, 11) is 3.47. The van der Waals surface area contributed by atoms with Crippen LogP contribution in [0.4, 0.5) is 4.39 Å². The Bertz CT molecular complexity index is 579. The topological polar surface area (TPSA) is 61.9 Å². The predicted octanol–water partition coefficient (Wildman–Crippen LogP) is 1.01. The number of amides is 2. The highest BCUT2D eigenvalue weighted by Crippen LogP contribution is 2.13. The van der Waals surface area contributed by atoms with Crippen molar-refractivity contribution in [3.63, 3.8) is 0 Å². The third kappa shape index (κ3) is 5.79. The number of nitrogens with one attached hydrogen (secondary N) is 1. The number of carbonyl (C=O) groups excluding carboxylic acids is 2. The van der Waals surface area contributed by atoms with E-state index in [0.29, 0.717) is 32.7 Å². The van der Waals surface area contributed by atoms with E-state index >= 15 is 0 Å². The van der Waals surface area contributed by atoms with Crippen molar-refractivity contribution in [2.45, 2.75) is 25.4 Å². The van der Waals surface area contributed by atoms with Gasteiger partial charge in [-0.15, -0.1) is 0 Å². The number of hydrogen-bond donors (Lipinski definition) is 1. The van der Waals surface area contributed by atoms with Crippen LogP contribution in [0.5, 0.6) is 0 Å². The van der Waals surface area contributed by atoms with Crippen LogP contribution < -0.4 is 5.32 Å². The molecule has 0 radical (unpaired) electrons. The lowest BCUT2D eigenvalue weighted by Gasteiger charge is -2.33. The molecule has 25 heavy (non-hydrogen) atoms. The Hall–Kier alpha value is -1.99. The Labute approximate surface area is 147 Å². The van der Waals surface area contributed by atoms with E-state index in [0.717, 1.165) is 12.1 Å². The quantitative estimate of drug-likeness (QED) is 0.710. The normalized spacial score (nSPS) is 18.0. The molecule has 1 aliphatic heterocycles. The van der Waals surface area contributed by atoms with Gasteiger partial charge in [-0.2, -0.15) is 0 Å². The van der Waals surface area contributed by atoms with Gasteiger partial charge in [0.15, 0.2) is 0 Å². The van der Waals surface area contributed by atoms with E-state index in [4.69, 9.17) is 4.74 Å². The number of piperazine rings is 1. The molecule has 1 aliphatic rings. The molecule has 2 rings (SSSR count). The lowest BCUT2D eigenvalue weighted by atomic mass is 10.1. The second kappa shape index (κ2) is 9.48. The van der Waals surface area contributed by atoms with Gasteiger partial charge in [-0.1, -0.05) is 12.1 Å². The Morgan fingerprint density at radius 2 is 2.12 bits per heavy atom. The van der Waals surface area contributed by atoms with Crippen LogP contribution in [0.2, 0.25) is 0 Å². The van der Waals surface area contributed by atoms with Crippen LogP contribution in [0, 0.1) is 5.82 Å². The molecule has 1 aromatic rings. The molecular weight excluding hydrogens is 325 g/mol. The first-order valence-electron chi connectivity index (χ1n) is 8.50. The molecule has 1 heterocycles. The summed E-state index contributed by atoms with van der Waals surface area (Å²) >= 11 is 0. The summed E-state index contributed by atoms with van der Waals surface area (Å²) in [5.41, 5.74) is 0.855. The third-order valence-corrected chi connectivity index (χ3v) is 4.38. The molecule has 0 aromatic heterocycles. The maximum absolute atomic E-state index is 13.1. The van der Waals surface area contributed by atoms with E-state index in [2.05, 4.69) is 5.32 Å². The molecular formula is C18H26FN3O3. The van der Waals surface area contributed by atoms with Crippen molar-refractivity contribution in [1.29, 1.82) is 0 Å². The summed E-state index contributed by atoms with van der Waals surface area (Å²) in [5, 5.41) is 2.80. The summed E-state index contributed by atoms with van der Waals surface area (Å²) in [5.74, 6) is -0.503. The first-order chi connectivity index (χ1) is 12.0. The summed E-state index contributed by atoms with van der Waals surface area (Å²) in [6.07, 6.45) is 0.840. The van der Waals surface area contributed by atoms with Crippen LogP contribution in [-0.2, 0) is 20.9 Å². The number of ether oxygens (including phenoxy) is 1. The molecule has 7 heteroatoms. The summed E-state index contributed by atoms with van der Waals surface area (Å²) in [4.78, 5) is 28.4. The van der Waals surface area contributed by atoms with Crippen molar-refractivity contribution in [1.82, 2.24) is 15.1 Å². The first kappa shape index (κ1) is 19.3. The molecule has 1 aromatic carbocycles. The minimum atomic E-state index is -0.445. The van der Waals surface area contributed by atoms with Crippen molar-refractivity contribution in [3.8, 4) is 0 Å². The molecule has 1 N–H and O–H groups in total. The molecule has 6 nitrogen and oxygen atoms in total. The standard InChI is InChI=1S/C18H26FN3O3/c1-21-10-8-20-18(24)16(21)12-17(23)22(9-3-11-25-2)13-14-4-6-15(19)7-5-14/h4-7,16H,3,8-13H2,1-2H3,(H,20,24)/t16-/m1/s1. The van der Waals surface area contributed by atoms with Gasteiger partial charge in [0.25, 0.3) is 0 Å². The second-order valence-electron chi connectivity index (χ2n) is 6.28. The molecule has 1 saturated heterocycles. The first-order valence-corrected chi connectivity index (χ1v) is 8.50. The summed E-state index contributed by atoms with van der Waals surface area (Å²) < 4.78 is 18.1. The molecule has 0 bridgehead atoms. The van der Waals surface area contributed by atoms with Crippen molar-refractivity contribution >= 4 is 11.8 Å². The summed E-state index contributed by atoms with van der Waals surface area (Å²) in [6.45, 7) is 2.80. The minimum Gasteiger partial charge on any atom is -0.385 e. The number of hydrogen-bond acceptors (Lipinski definition) is 4. The van der Waals surface area contributed by atoms with Gasteiger partial charge in [0.1, 0.15) is 5.82 Å². The van der Waals surface area contributed by atoms with Crippen molar-refractivity contribution in [2.75, 3.05) is 40.4 Å². The molecule has 0 spiro atoms. The average molecular weight is 351 g/mol. The van der Waals surface area contributed by atoms with E-state index in [1.165, 1.54) is 12.1 Å². The van der Waals surface area contributed by atoms with E-state index in [9.17, 15) is 14.0 Å². The zero-order chi connectivity index (χ0) is 18.2. The fourth-order valence-electron chi connectivity index (χ4n) is 2.87. The Balaban J connectivity index is 2.03. The minimum absolute atomic E-state index is 0.0886. The van der Waals surface area contributed by atoms with Gasteiger partial charge in [-0.25, -0.2) is 4.39 Å². The fourth-order valence-corrected chi connectivity index (χ4v) is 2.87. The molecule has 1 atom stereocenters. The number of benzene rings is 1. The smallest absolute Gasteiger partial charge is 0.237 e. The van der Waals surface area contributed by atoms with E-state index < -0.39 is 6.04 Å². The molecule has 2 amide bonds. The highest BCUT2D eigenvalue weighted by Gasteiger charge is 2.30. The zero-order valence-electron chi connectivity index (χ0n) is 14.8. The van der Waals surface area contributed by atoms with Crippen LogP contribution in [0.25, 0.3) is 0 Å². The van der Waals surface area contributed by atoms with Crippen LogP contribution >= 0.6 is 0 Å². The van der Waals surface area contributed by atoms with Crippen LogP contribution in [-0.4, -0.2) is 68.1 Å². The number of rotatable bonds is 8. The van der Waals surface area contributed by atoms with Gasteiger partial charge in [0.05, 0.1) is 12.5 Å². The molecule has 0 saturated carbocycles. The number of likely N-dealkylation sites (N-methyl/N-ethyl adjacent to an activating group) is 1. The van der Waals surface area contributed by atoms with Crippen LogP contribution in [0.3, 0.4) is 0 Å². The van der Waals surface area contributed by atoms with Gasteiger partial charge in [-0.3, -0.25) is 14.5 Å². The number of carbonyl (C=O) groups is 2. The van der Waals surface area contributed by atoms with Gasteiger partial charge < -0.3 is 15.0 Å². The highest BCUT2D eigenvalue weighted by molar-refractivity contribution is 5.88. The molecule has 1 fully saturated rings. The van der Waals surface area contributed by atoms with Crippen molar-refractivity contribution in [3.05, 3.63) is 35.6 Å². The van der Waals surface area contributed by atoms with Gasteiger partial charge >= 0.3 is 0 Å². The maximum Gasteiger partial charge on any atom is 0.237 e. The number of methoxy groups -OCH3 is 1. The maximum atomic E-state index is 13.1. The number of nitrogens with zero attached hydrogens (tertiary/aromatic N) is 2. The van der Waals surface area contributed by atoms with Crippen molar-refractivity contribution < 1.29 is 18.7 Å². The van der Waals surface area contributed by atoms with Gasteiger partial charge in [0.2, 0.25) is 11.8 Å². The van der Waals surface area contributed by atoms with E-state index in [-0.39, 0.29) is 24.1 Å². The van der Waals surface area contributed by atoms with Gasteiger partial charge in [0, 0.05) is 39.9 Å². The molecule has 138 valence electrons. The second-order valence-corrected chi connectivity index (χ2v) is 6.28. The lowest BCUT2D eigenvalue weighted by Crippen LogP contribution is -2.55. The largest absolute Gasteiger partial charge is 0.385 e. The predicted molar refractivity (Wildman–Crippen MR) is 92.4 cm³/mol. The number of halogens is 1. The SMILES string of the molecule is COCCCN(Cc1ccc(F)cc1)C(=O)C[C@@H]1C(=O)NCCN1C. The Morgan fingerprint density at radius 1 is 1.40 bits per heavy atom. The Kier molecular flexibility index (Phi) is 7.33.